The Balaban J connectivity index is 1.84. The molecule has 2 heteroatoms. The van der Waals surface area contributed by atoms with E-state index in [1.165, 1.54) is 32.1 Å². The molecule has 1 saturated heterocycles. The van der Waals surface area contributed by atoms with Crippen LogP contribution in [0.25, 0.3) is 0 Å². The van der Waals surface area contributed by atoms with Crippen molar-refractivity contribution in [1.82, 2.24) is 5.32 Å². The Morgan fingerprint density at radius 3 is 2.05 bits per heavy atom. The minimum Gasteiger partial charge on any atom is -0.378 e. The quantitative estimate of drug-likeness (QED) is 0.819. The molecular weight excluding hydrogens is 258 g/mol. The fraction of sp³-hybridized carbons (Fsp3) is 1.00. The molecule has 0 aromatic heterocycles. The predicted molar refractivity (Wildman–Crippen MR) is 90.5 cm³/mol. The third-order valence-corrected chi connectivity index (χ3v) is 5.62. The number of nitrogens with one attached hydrogen (secondary N) is 1. The summed E-state index contributed by atoms with van der Waals surface area (Å²) < 4.78 is 6.15. The van der Waals surface area contributed by atoms with Gasteiger partial charge in [0.25, 0.3) is 0 Å². The fourth-order valence-corrected chi connectivity index (χ4v) is 4.15. The third kappa shape index (κ3) is 4.96. The molecule has 1 saturated carbocycles. The Morgan fingerprint density at radius 1 is 0.905 bits per heavy atom. The molecule has 2 fully saturated rings. The SMILES string of the molecule is CC(C)(C)NCC1CCOC1C1CCC(C(C)(C)C)CC1. The van der Waals surface area contributed by atoms with Gasteiger partial charge >= 0.3 is 0 Å². The third-order valence-electron chi connectivity index (χ3n) is 5.62. The Labute approximate surface area is 132 Å². The lowest BCUT2D eigenvalue weighted by atomic mass is 9.68. The monoisotopic (exact) mass is 295 g/mol. The van der Waals surface area contributed by atoms with E-state index in [2.05, 4.69) is 46.9 Å². The van der Waals surface area contributed by atoms with Gasteiger partial charge in [0.2, 0.25) is 0 Å². The Kier molecular flexibility index (Phi) is 5.41. The molecule has 1 aliphatic carbocycles. The van der Waals surface area contributed by atoms with Crippen LogP contribution in [0.4, 0.5) is 0 Å². The van der Waals surface area contributed by atoms with Gasteiger partial charge in [0, 0.05) is 24.6 Å². The minimum atomic E-state index is 0.219. The van der Waals surface area contributed by atoms with E-state index in [4.69, 9.17) is 4.74 Å². The van der Waals surface area contributed by atoms with Crippen molar-refractivity contribution in [2.24, 2.45) is 23.2 Å². The van der Waals surface area contributed by atoms with Gasteiger partial charge in [0.1, 0.15) is 0 Å². The van der Waals surface area contributed by atoms with Crippen molar-refractivity contribution < 1.29 is 4.74 Å². The van der Waals surface area contributed by atoms with Gasteiger partial charge in [-0.05, 0) is 70.1 Å². The number of ether oxygens (including phenoxy) is 1. The molecule has 2 nitrogen and oxygen atoms in total. The molecule has 0 bridgehead atoms. The first-order chi connectivity index (χ1) is 9.67. The number of hydrogen-bond donors (Lipinski definition) is 1. The lowest BCUT2D eigenvalue weighted by Gasteiger charge is -2.40. The predicted octanol–water partition coefficient (Wildman–Crippen LogP) is 4.63. The first kappa shape index (κ1) is 17.3. The van der Waals surface area contributed by atoms with Crippen LogP contribution in [0.15, 0.2) is 0 Å². The van der Waals surface area contributed by atoms with Gasteiger partial charge in [-0.25, -0.2) is 0 Å². The van der Waals surface area contributed by atoms with Crippen LogP contribution in [0.3, 0.4) is 0 Å². The van der Waals surface area contributed by atoms with Crippen molar-refractivity contribution in [3.63, 3.8) is 0 Å². The molecule has 1 aliphatic heterocycles. The van der Waals surface area contributed by atoms with Crippen LogP contribution in [-0.2, 0) is 4.74 Å². The zero-order valence-corrected chi connectivity index (χ0v) is 15.2. The van der Waals surface area contributed by atoms with Gasteiger partial charge in [-0.3, -0.25) is 0 Å². The first-order valence-electron chi connectivity index (χ1n) is 9.03. The highest BCUT2D eigenvalue weighted by atomic mass is 16.5. The minimum absolute atomic E-state index is 0.219. The molecule has 2 unspecified atom stereocenters. The van der Waals surface area contributed by atoms with Crippen molar-refractivity contribution in [3.8, 4) is 0 Å². The maximum atomic E-state index is 6.15. The van der Waals surface area contributed by atoms with Crippen LogP contribution >= 0.6 is 0 Å². The molecule has 2 atom stereocenters. The molecule has 21 heavy (non-hydrogen) atoms. The number of hydrogen-bond acceptors (Lipinski definition) is 2. The van der Waals surface area contributed by atoms with Crippen LogP contribution in [0.2, 0.25) is 0 Å². The van der Waals surface area contributed by atoms with E-state index in [0.29, 0.717) is 11.5 Å². The number of rotatable bonds is 3. The molecule has 2 aliphatic rings. The molecule has 2 rings (SSSR count). The molecule has 0 radical (unpaired) electrons. The highest BCUT2D eigenvalue weighted by Crippen LogP contribution is 2.43. The molecule has 1 heterocycles. The van der Waals surface area contributed by atoms with Crippen LogP contribution in [0, 0.1) is 23.2 Å². The Hall–Kier alpha value is -0.0800. The van der Waals surface area contributed by atoms with E-state index < -0.39 is 0 Å². The van der Waals surface area contributed by atoms with Gasteiger partial charge in [0.05, 0.1) is 6.10 Å². The van der Waals surface area contributed by atoms with E-state index >= 15 is 0 Å². The summed E-state index contributed by atoms with van der Waals surface area (Å²) in [5.74, 6) is 2.43. The Morgan fingerprint density at radius 2 is 1.52 bits per heavy atom. The summed E-state index contributed by atoms with van der Waals surface area (Å²) in [5, 5.41) is 3.69. The molecule has 0 spiro atoms. The second kappa shape index (κ2) is 6.58. The van der Waals surface area contributed by atoms with Crippen LogP contribution < -0.4 is 5.32 Å². The normalized spacial score (nSPS) is 35.1. The molecular formula is C19H37NO. The summed E-state index contributed by atoms with van der Waals surface area (Å²) in [4.78, 5) is 0. The van der Waals surface area contributed by atoms with Gasteiger partial charge in [0.15, 0.2) is 0 Å². The van der Waals surface area contributed by atoms with Crippen molar-refractivity contribution in [1.29, 1.82) is 0 Å². The van der Waals surface area contributed by atoms with Crippen molar-refractivity contribution in [2.75, 3.05) is 13.2 Å². The van der Waals surface area contributed by atoms with E-state index in [1.54, 1.807) is 0 Å². The highest BCUT2D eigenvalue weighted by molar-refractivity contribution is 4.89. The van der Waals surface area contributed by atoms with Gasteiger partial charge in [-0.1, -0.05) is 20.8 Å². The average molecular weight is 296 g/mol. The molecule has 1 N–H and O–H groups in total. The van der Waals surface area contributed by atoms with E-state index in [-0.39, 0.29) is 5.54 Å². The van der Waals surface area contributed by atoms with E-state index in [0.717, 1.165) is 30.9 Å². The topological polar surface area (TPSA) is 21.3 Å². The zero-order chi connectivity index (χ0) is 15.7. The molecule has 0 amide bonds. The van der Waals surface area contributed by atoms with Gasteiger partial charge in [-0.15, -0.1) is 0 Å². The maximum Gasteiger partial charge on any atom is 0.0644 e. The largest absolute Gasteiger partial charge is 0.378 e. The fourth-order valence-electron chi connectivity index (χ4n) is 4.15. The summed E-state index contributed by atoms with van der Waals surface area (Å²) in [7, 11) is 0. The van der Waals surface area contributed by atoms with Gasteiger partial charge < -0.3 is 10.1 Å². The van der Waals surface area contributed by atoms with Crippen LogP contribution in [-0.4, -0.2) is 24.8 Å². The van der Waals surface area contributed by atoms with E-state index in [9.17, 15) is 0 Å². The standard InChI is InChI=1S/C19H37NO/c1-18(2,3)16-9-7-14(8-10-16)17-15(11-12-21-17)13-20-19(4,5)6/h14-17,20H,7-13H2,1-6H3. The summed E-state index contributed by atoms with van der Waals surface area (Å²) in [5.41, 5.74) is 0.700. The average Bonchev–Trinajstić information content (AvgIpc) is 2.83. The van der Waals surface area contributed by atoms with Crippen molar-refractivity contribution >= 4 is 0 Å². The van der Waals surface area contributed by atoms with Crippen LogP contribution in [0.1, 0.15) is 73.6 Å². The second-order valence-corrected chi connectivity index (χ2v) is 9.49. The summed E-state index contributed by atoms with van der Waals surface area (Å²) in [6.45, 7) is 16.1. The van der Waals surface area contributed by atoms with E-state index in [1.807, 2.05) is 0 Å². The lowest BCUT2D eigenvalue weighted by molar-refractivity contribution is 0.00953. The maximum absolute atomic E-state index is 6.15. The van der Waals surface area contributed by atoms with Crippen LogP contribution in [0.5, 0.6) is 0 Å². The molecule has 0 aromatic rings. The molecule has 124 valence electrons. The smallest absolute Gasteiger partial charge is 0.0644 e. The molecule has 0 aromatic carbocycles. The summed E-state index contributed by atoms with van der Waals surface area (Å²) in [6.07, 6.45) is 7.30. The Bertz CT molecular complexity index is 317. The van der Waals surface area contributed by atoms with Crippen molar-refractivity contribution in [3.05, 3.63) is 0 Å². The zero-order valence-electron chi connectivity index (χ0n) is 15.2. The summed E-state index contributed by atoms with van der Waals surface area (Å²) >= 11 is 0. The van der Waals surface area contributed by atoms with Gasteiger partial charge in [-0.2, -0.15) is 0 Å². The highest BCUT2D eigenvalue weighted by Gasteiger charge is 2.38. The second-order valence-electron chi connectivity index (χ2n) is 9.49. The van der Waals surface area contributed by atoms with Crippen molar-refractivity contribution in [2.45, 2.75) is 85.3 Å². The first-order valence-corrected chi connectivity index (χ1v) is 9.03. The lowest BCUT2D eigenvalue weighted by Crippen LogP contribution is -2.43. The summed E-state index contributed by atoms with van der Waals surface area (Å²) in [6, 6.07) is 0.